The van der Waals surface area contributed by atoms with Crippen molar-refractivity contribution in [3.8, 4) is 6.07 Å². The quantitative estimate of drug-likeness (QED) is 0.855. The molecule has 0 aliphatic carbocycles. The monoisotopic (exact) mass is 298 g/mol. The molecule has 5 nitrogen and oxygen atoms in total. The minimum atomic E-state index is -1.23. The molecule has 1 aromatic carbocycles. The predicted molar refractivity (Wildman–Crippen MR) is 80.8 cm³/mol. The number of aliphatic hydroxyl groups is 1. The van der Waals surface area contributed by atoms with Crippen molar-refractivity contribution in [3.63, 3.8) is 0 Å². The molecule has 1 atom stereocenters. The molecule has 0 saturated carbocycles. The third-order valence-corrected chi connectivity index (χ3v) is 3.41. The maximum absolute atomic E-state index is 11.9. The van der Waals surface area contributed by atoms with E-state index in [4.69, 9.17) is 9.68 Å². The molecule has 1 unspecified atom stereocenters. The molecule has 0 saturated heterocycles. The third-order valence-electron chi connectivity index (χ3n) is 3.41. The summed E-state index contributed by atoms with van der Waals surface area (Å²) < 4.78 is 5.15. The molecule has 1 heterocycles. The number of rotatable bonds is 6. The van der Waals surface area contributed by atoms with Crippen molar-refractivity contribution in [1.82, 2.24) is 5.32 Å². The highest BCUT2D eigenvalue weighted by atomic mass is 16.4. The normalized spacial score (nSPS) is 13.1. The van der Waals surface area contributed by atoms with E-state index in [1.165, 1.54) is 6.26 Å². The molecule has 0 fully saturated rings. The summed E-state index contributed by atoms with van der Waals surface area (Å²) in [6.45, 7) is 1.68. The van der Waals surface area contributed by atoms with Crippen LogP contribution in [0.3, 0.4) is 0 Å². The number of hydrogen-bond donors (Lipinski definition) is 2. The molecule has 0 radical (unpaired) electrons. The first-order chi connectivity index (χ1) is 10.5. The summed E-state index contributed by atoms with van der Waals surface area (Å²) in [5, 5.41) is 21.7. The fourth-order valence-corrected chi connectivity index (χ4v) is 2.04. The molecule has 0 bridgehead atoms. The summed E-state index contributed by atoms with van der Waals surface area (Å²) in [4.78, 5) is 11.9. The summed E-state index contributed by atoms with van der Waals surface area (Å²) in [5.41, 5.74) is 0.364. The number of nitriles is 1. The minimum Gasteiger partial charge on any atom is -0.466 e. The van der Waals surface area contributed by atoms with Crippen LogP contribution in [0.15, 0.2) is 47.1 Å². The molecule has 1 aromatic heterocycles. The van der Waals surface area contributed by atoms with E-state index in [-0.39, 0.29) is 12.5 Å². The van der Waals surface area contributed by atoms with Crippen LogP contribution >= 0.6 is 0 Å². The van der Waals surface area contributed by atoms with Crippen LogP contribution in [0.2, 0.25) is 0 Å². The number of hydrogen-bond acceptors (Lipinski definition) is 4. The van der Waals surface area contributed by atoms with E-state index in [0.29, 0.717) is 24.2 Å². The number of amides is 1. The van der Waals surface area contributed by atoms with Gasteiger partial charge < -0.3 is 14.8 Å². The number of nitrogens with zero attached hydrogens (tertiary/aromatic N) is 1. The van der Waals surface area contributed by atoms with Gasteiger partial charge in [-0.25, -0.2) is 0 Å². The smallest absolute Gasteiger partial charge is 0.220 e. The van der Waals surface area contributed by atoms with Crippen LogP contribution in [-0.4, -0.2) is 17.6 Å². The molecule has 22 heavy (non-hydrogen) atoms. The molecule has 0 spiro atoms. The molecular weight excluding hydrogens is 280 g/mol. The van der Waals surface area contributed by atoms with Gasteiger partial charge in [0.25, 0.3) is 0 Å². The van der Waals surface area contributed by atoms with Crippen LogP contribution in [0.4, 0.5) is 0 Å². The van der Waals surface area contributed by atoms with Crippen molar-refractivity contribution >= 4 is 5.91 Å². The standard InChI is InChI=1S/C17H18N2O3/c1-17(21,15-3-2-10-22-15)12-19-16(20)9-8-13-4-6-14(11-18)7-5-13/h2-7,10,21H,8-9,12H2,1H3,(H,19,20). The molecular formula is C17H18N2O3. The highest BCUT2D eigenvalue weighted by molar-refractivity contribution is 5.76. The second-order valence-electron chi connectivity index (χ2n) is 5.34. The second kappa shape index (κ2) is 6.92. The summed E-state index contributed by atoms with van der Waals surface area (Å²) in [7, 11) is 0. The second-order valence-corrected chi connectivity index (χ2v) is 5.34. The van der Waals surface area contributed by atoms with Crippen LogP contribution in [0, 0.1) is 11.3 Å². The van der Waals surface area contributed by atoms with Crippen molar-refractivity contribution in [2.75, 3.05) is 6.54 Å². The third kappa shape index (κ3) is 4.21. The Morgan fingerprint density at radius 3 is 2.68 bits per heavy atom. The number of furan rings is 1. The topological polar surface area (TPSA) is 86.3 Å². The number of aryl methyl sites for hydroxylation is 1. The Kier molecular flexibility index (Phi) is 4.97. The van der Waals surface area contributed by atoms with Gasteiger partial charge in [-0.3, -0.25) is 4.79 Å². The molecule has 1 amide bonds. The first-order valence-electron chi connectivity index (χ1n) is 7.03. The number of carbonyl (C=O) groups is 1. The van der Waals surface area contributed by atoms with Crippen LogP contribution in [0.5, 0.6) is 0 Å². The number of benzene rings is 1. The van der Waals surface area contributed by atoms with E-state index in [1.807, 2.05) is 12.1 Å². The molecule has 2 N–H and O–H groups in total. The molecule has 5 heteroatoms. The fraction of sp³-hybridized carbons (Fsp3) is 0.294. The van der Waals surface area contributed by atoms with Gasteiger partial charge in [-0.05, 0) is 43.2 Å². The zero-order valence-electron chi connectivity index (χ0n) is 12.4. The lowest BCUT2D eigenvalue weighted by Gasteiger charge is -2.21. The van der Waals surface area contributed by atoms with E-state index in [2.05, 4.69) is 11.4 Å². The van der Waals surface area contributed by atoms with Gasteiger partial charge in [-0.15, -0.1) is 0 Å². The Morgan fingerprint density at radius 1 is 1.36 bits per heavy atom. The number of nitrogens with one attached hydrogen (secondary N) is 1. The van der Waals surface area contributed by atoms with Gasteiger partial charge in [0.1, 0.15) is 11.4 Å². The van der Waals surface area contributed by atoms with Gasteiger partial charge in [-0.1, -0.05) is 12.1 Å². The molecule has 2 rings (SSSR count). The van der Waals surface area contributed by atoms with Gasteiger partial charge >= 0.3 is 0 Å². The summed E-state index contributed by atoms with van der Waals surface area (Å²) >= 11 is 0. The number of carbonyl (C=O) groups excluding carboxylic acids is 1. The molecule has 2 aromatic rings. The van der Waals surface area contributed by atoms with Crippen LogP contribution in [0.25, 0.3) is 0 Å². The van der Waals surface area contributed by atoms with Crippen molar-refractivity contribution < 1.29 is 14.3 Å². The Bertz CT molecular complexity index is 652. The van der Waals surface area contributed by atoms with Gasteiger partial charge in [-0.2, -0.15) is 5.26 Å². The van der Waals surface area contributed by atoms with E-state index in [1.54, 1.807) is 31.2 Å². The molecule has 0 aliphatic heterocycles. The maximum atomic E-state index is 11.9. The lowest BCUT2D eigenvalue weighted by atomic mass is 10.0. The Labute approximate surface area is 129 Å². The van der Waals surface area contributed by atoms with Crippen LogP contribution < -0.4 is 5.32 Å². The molecule has 114 valence electrons. The maximum Gasteiger partial charge on any atom is 0.220 e. The van der Waals surface area contributed by atoms with Gasteiger partial charge in [0.05, 0.1) is 24.4 Å². The van der Waals surface area contributed by atoms with Gasteiger partial charge in [0.15, 0.2) is 0 Å². The Hall–Kier alpha value is -2.58. The Morgan fingerprint density at radius 2 is 2.09 bits per heavy atom. The average Bonchev–Trinajstić information content (AvgIpc) is 3.07. The van der Waals surface area contributed by atoms with Crippen LogP contribution in [0.1, 0.15) is 30.2 Å². The zero-order valence-corrected chi connectivity index (χ0v) is 12.4. The SMILES string of the molecule is CC(O)(CNC(=O)CCc1ccc(C#N)cc1)c1ccco1. The first kappa shape index (κ1) is 15.8. The lowest BCUT2D eigenvalue weighted by molar-refractivity contribution is -0.122. The first-order valence-corrected chi connectivity index (χ1v) is 7.03. The highest BCUT2D eigenvalue weighted by Crippen LogP contribution is 2.19. The summed E-state index contributed by atoms with van der Waals surface area (Å²) in [6.07, 6.45) is 2.39. The van der Waals surface area contributed by atoms with E-state index >= 15 is 0 Å². The highest BCUT2D eigenvalue weighted by Gasteiger charge is 2.26. The van der Waals surface area contributed by atoms with E-state index < -0.39 is 5.60 Å². The van der Waals surface area contributed by atoms with Crippen molar-refractivity contribution in [3.05, 3.63) is 59.5 Å². The van der Waals surface area contributed by atoms with Crippen LogP contribution in [-0.2, 0) is 16.8 Å². The van der Waals surface area contributed by atoms with Crippen molar-refractivity contribution in [2.45, 2.75) is 25.4 Å². The lowest BCUT2D eigenvalue weighted by Crippen LogP contribution is -2.38. The van der Waals surface area contributed by atoms with Gasteiger partial charge in [0, 0.05) is 6.42 Å². The van der Waals surface area contributed by atoms with E-state index in [9.17, 15) is 9.90 Å². The predicted octanol–water partition coefficient (Wildman–Crippen LogP) is 2.11. The zero-order chi connectivity index (χ0) is 16.0. The summed E-state index contributed by atoms with van der Waals surface area (Å²) in [6, 6.07) is 12.6. The average molecular weight is 298 g/mol. The minimum absolute atomic E-state index is 0.0900. The van der Waals surface area contributed by atoms with Crippen molar-refractivity contribution in [2.24, 2.45) is 0 Å². The summed E-state index contributed by atoms with van der Waals surface area (Å²) in [5.74, 6) is 0.274. The van der Waals surface area contributed by atoms with Gasteiger partial charge in [0.2, 0.25) is 5.91 Å². The molecule has 0 aliphatic rings. The van der Waals surface area contributed by atoms with Crippen molar-refractivity contribution in [1.29, 1.82) is 5.26 Å². The Balaban J connectivity index is 1.79. The fourth-order valence-electron chi connectivity index (χ4n) is 2.04. The largest absolute Gasteiger partial charge is 0.466 e. The van der Waals surface area contributed by atoms with E-state index in [0.717, 1.165) is 5.56 Å².